The van der Waals surface area contributed by atoms with Gasteiger partial charge in [0.1, 0.15) is 11.3 Å². The van der Waals surface area contributed by atoms with Gasteiger partial charge in [-0.15, -0.1) is 0 Å². The van der Waals surface area contributed by atoms with Crippen molar-refractivity contribution < 1.29 is 19.8 Å². The molecule has 1 aromatic rings. The van der Waals surface area contributed by atoms with Crippen LogP contribution in [-0.2, 0) is 16.0 Å². The van der Waals surface area contributed by atoms with E-state index in [0.29, 0.717) is 18.4 Å². The SMILES string of the molecule is O=C(Cc1cccc(O)c1)NC1(C(=O)O)CCCCCC1. The van der Waals surface area contributed by atoms with Gasteiger partial charge in [0.15, 0.2) is 0 Å². The lowest BCUT2D eigenvalue weighted by molar-refractivity contribution is -0.148. The molecule has 0 aromatic heterocycles. The van der Waals surface area contributed by atoms with Gasteiger partial charge >= 0.3 is 5.97 Å². The number of phenolic OH excluding ortho intramolecular Hbond substituents is 1. The minimum atomic E-state index is -1.13. The third-order valence-corrected chi connectivity index (χ3v) is 4.02. The lowest BCUT2D eigenvalue weighted by atomic mass is 9.90. The number of nitrogens with one attached hydrogen (secondary N) is 1. The first-order chi connectivity index (χ1) is 10.0. The van der Waals surface area contributed by atoms with Gasteiger partial charge in [-0.1, -0.05) is 37.8 Å². The third kappa shape index (κ3) is 3.97. The smallest absolute Gasteiger partial charge is 0.329 e. The summed E-state index contributed by atoms with van der Waals surface area (Å²) in [5.41, 5.74) is -0.466. The number of hydrogen-bond donors (Lipinski definition) is 3. The number of rotatable bonds is 4. The minimum absolute atomic E-state index is 0.0728. The van der Waals surface area contributed by atoms with Crippen LogP contribution in [0.2, 0.25) is 0 Å². The Balaban J connectivity index is 2.06. The number of carboxylic acid groups (broad SMARTS) is 1. The van der Waals surface area contributed by atoms with Crippen LogP contribution >= 0.6 is 0 Å². The van der Waals surface area contributed by atoms with Crippen LogP contribution in [0.1, 0.15) is 44.1 Å². The van der Waals surface area contributed by atoms with Gasteiger partial charge < -0.3 is 15.5 Å². The summed E-state index contributed by atoms with van der Waals surface area (Å²) in [7, 11) is 0. The summed E-state index contributed by atoms with van der Waals surface area (Å²) >= 11 is 0. The number of hydrogen-bond acceptors (Lipinski definition) is 3. The van der Waals surface area contributed by atoms with E-state index >= 15 is 0 Å². The largest absolute Gasteiger partial charge is 0.508 e. The molecule has 1 saturated carbocycles. The van der Waals surface area contributed by atoms with E-state index in [0.717, 1.165) is 25.7 Å². The van der Waals surface area contributed by atoms with Crippen molar-refractivity contribution in [3.05, 3.63) is 29.8 Å². The van der Waals surface area contributed by atoms with Crippen LogP contribution in [-0.4, -0.2) is 27.6 Å². The van der Waals surface area contributed by atoms with Crippen molar-refractivity contribution in [3.63, 3.8) is 0 Å². The first-order valence-electron chi connectivity index (χ1n) is 7.34. The molecule has 0 unspecified atom stereocenters. The Hall–Kier alpha value is -2.04. The molecule has 1 aliphatic rings. The van der Waals surface area contributed by atoms with Gasteiger partial charge in [-0.3, -0.25) is 4.79 Å². The van der Waals surface area contributed by atoms with Crippen LogP contribution in [0.25, 0.3) is 0 Å². The van der Waals surface area contributed by atoms with Gasteiger partial charge in [0.05, 0.1) is 6.42 Å². The van der Waals surface area contributed by atoms with Crippen LogP contribution in [0.5, 0.6) is 5.75 Å². The van der Waals surface area contributed by atoms with Crippen LogP contribution in [0, 0.1) is 0 Å². The molecule has 3 N–H and O–H groups in total. The van der Waals surface area contributed by atoms with E-state index in [1.165, 1.54) is 12.1 Å². The number of carbonyl (C=O) groups is 2. The predicted molar refractivity (Wildman–Crippen MR) is 78.0 cm³/mol. The number of phenols is 1. The van der Waals surface area contributed by atoms with Gasteiger partial charge in [0, 0.05) is 0 Å². The summed E-state index contributed by atoms with van der Waals surface area (Å²) < 4.78 is 0. The summed E-state index contributed by atoms with van der Waals surface area (Å²) in [5.74, 6) is -1.17. The van der Waals surface area contributed by atoms with Crippen molar-refractivity contribution in [3.8, 4) is 5.75 Å². The number of benzene rings is 1. The van der Waals surface area contributed by atoms with Gasteiger partial charge in [-0.2, -0.15) is 0 Å². The maximum absolute atomic E-state index is 12.2. The second-order valence-corrected chi connectivity index (χ2v) is 5.70. The molecule has 1 aromatic carbocycles. The topological polar surface area (TPSA) is 86.6 Å². The average Bonchev–Trinajstić information content (AvgIpc) is 2.65. The number of carboxylic acids is 1. The molecule has 21 heavy (non-hydrogen) atoms. The molecule has 1 aliphatic carbocycles. The summed E-state index contributed by atoms with van der Waals surface area (Å²) in [4.78, 5) is 23.8. The molecule has 0 saturated heterocycles. The molecular weight excluding hydrogens is 270 g/mol. The lowest BCUT2D eigenvalue weighted by Gasteiger charge is -2.29. The van der Waals surface area contributed by atoms with Crippen molar-refractivity contribution >= 4 is 11.9 Å². The van der Waals surface area contributed by atoms with Gasteiger partial charge in [-0.25, -0.2) is 4.79 Å². The Morgan fingerprint density at radius 3 is 2.38 bits per heavy atom. The highest BCUT2D eigenvalue weighted by Crippen LogP contribution is 2.27. The fourth-order valence-corrected chi connectivity index (χ4v) is 2.89. The molecule has 0 bridgehead atoms. The van der Waals surface area contributed by atoms with E-state index in [4.69, 9.17) is 0 Å². The van der Waals surface area contributed by atoms with E-state index in [9.17, 15) is 19.8 Å². The highest BCUT2D eigenvalue weighted by Gasteiger charge is 2.39. The Kier molecular flexibility index (Phi) is 4.83. The molecule has 2 rings (SSSR count). The molecule has 114 valence electrons. The maximum atomic E-state index is 12.2. The molecule has 1 amide bonds. The monoisotopic (exact) mass is 291 g/mol. The number of aliphatic carboxylic acids is 1. The molecule has 0 atom stereocenters. The van der Waals surface area contributed by atoms with Crippen molar-refractivity contribution in [2.24, 2.45) is 0 Å². The normalized spacial score (nSPS) is 17.7. The summed E-state index contributed by atoms with van der Waals surface area (Å²) in [6.07, 6.45) is 4.69. The van der Waals surface area contributed by atoms with Crippen LogP contribution in [0.15, 0.2) is 24.3 Å². The standard InChI is InChI=1S/C16H21NO4/c18-13-7-5-6-12(10-13)11-14(19)17-16(15(20)21)8-3-1-2-4-9-16/h5-7,10,18H,1-4,8-9,11H2,(H,17,19)(H,20,21). The Morgan fingerprint density at radius 2 is 1.81 bits per heavy atom. The molecule has 0 heterocycles. The van der Waals surface area contributed by atoms with Crippen molar-refractivity contribution in [1.29, 1.82) is 0 Å². The molecule has 5 heteroatoms. The Morgan fingerprint density at radius 1 is 1.14 bits per heavy atom. The minimum Gasteiger partial charge on any atom is -0.508 e. The fraction of sp³-hybridized carbons (Fsp3) is 0.500. The molecule has 0 radical (unpaired) electrons. The zero-order valence-electron chi connectivity index (χ0n) is 12.0. The average molecular weight is 291 g/mol. The zero-order chi connectivity index (χ0) is 15.3. The molecular formula is C16H21NO4. The quantitative estimate of drug-likeness (QED) is 0.742. The Bertz CT molecular complexity index is 519. The summed E-state index contributed by atoms with van der Waals surface area (Å²) in [6, 6.07) is 6.45. The molecule has 5 nitrogen and oxygen atoms in total. The predicted octanol–water partition coefficient (Wildman–Crippen LogP) is 2.23. The maximum Gasteiger partial charge on any atom is 0.329 e. The summed E-state index contributed by atoms with van der Waals surface area (Å²) in [5, 5.41) is 21.6. The van der Waals surface area contributed by atoms with E-state index in [2.05, 4.69) is 5.32 Å². The van der Waals surface area contributed by atoms with Gasteiger partial charge in [0.25, 0.3) is 0 Å². The van der Waals surface area contributed by atoms with Gasteiger partial charge in [0.2, 0.25) is 5.91 Å². The number of amides is 1. The number of aromatic hydroxyl groups is 1. The highest BCUT2D eigenvalue weighted by atomic mass is 16.4. The van der Waals surface area contributed by atoms with Crippen LogP contribution in [0.3, 0.4) is 0 Å². The van der Waals surface area contributed by atoms with Crippen molar-refractivity contribution in [2.75, 3.05) is 0 Å². The third-order valence-electron chi connectivity index (χ3n) is 4.02. The second kappa shape index (κ2) is 6.61. The van der Waals surface area contributed by atoms with Crippen LogP contribution < -0.4 is 5.32 Å². The molecule has 0 aliphatic heterocycles. The highest BCUT2D eigenvalue weighted by molar-refractivity contribution is 5.88. The summed E-state index contributed by atoms with van der Waals surface area (Å²) in [6.45, 7) is 0. The van der Waals surface area contributed by atoms with E-state index < -0.39 is 11.5 Å². The lowest BCUT2D eigenvalue weighted by Crippen LogP contribution is -2.54. The van der Waals surface area contributed by atoms with Crippen LogP contribution in [0.4, 0.5) is 0 Å². The zero-order valence-corrected chi connectivity index (χ0v) is 12.0. The number of carbonyl (C=O) groups excluding carboxylic acids is 1. The van der Waals surface area contributed by atoms with Gasteiger partial charge in [-0.05, 0) is 30.5 Å². The Labute approximate surface area is 124 Å². The molecule has 1 fully saturated rings. The van der Waals surface area contributed by atoms with E-state index in [-0.39, 0.29) is 18.1 Å². The second-order valence-electron chi connectivity index (χ2n) is 5.70. The first kappa shape index (κ1) is 15.4. The first-order valence-corrected chi connectivity index (χ1v) is 7.34. The van der Waals surface area contributed by atoms with E-state index in [1.807, 2.05) is 0 Å². The molecule has 0 spiro atoms. The fourth-order valence-electron chi connectivity index (χ4n) is 2.89. The van der Waals surface area contributed by atoms with Crippen molar-refractivity contribution in [1.82, 2.24) is 5.32 Å². The van der Waals surface area contributed by atoms with E-state index in [1.54, 1.807) is 12.1 Å². The van der Waals surface area contributed by atoms with Crippen molar-refractivity contribution in [2.45, 2.75) is 50.5 Å².